The van der Waals surface area contributed by atoms with E-state index < -0.39 is 5.97 Å². The highest BCUT2D eigenvalue weighted by Gasteiger charge is 2.15. The Morgan fingerprint density at radius 3 is 2.78 bits per heavy atom. The van der Waals surface area contributed by atoms with Crippen molar-refractivity contribution in [2.45, 2.75) is 33.9 Å². The molecule has 0 aliphatic rings. The van der Waals surface area contributed by atoms with E-state index in [4.69, 9.17) is 23.0 Å². The summed E-state index contributed by atoms with van der Waals surface area (Å²) in [5.41, 5.74) is 1.55. The molecule has 0 spiro atoms. The topological polar surface area (TPSA) is 115 Å². The highest BCUT2D eigenvalue weighted by molar-refractivity contribution is 5.69. The van der Waals surface area contributed by atoms with Crippen LogP contribution in [0.3, 0.4) is 0 Å². The minimum absolute atomic E-state index is 0.213. The number of oxazole rings is 1. The molecule has 0 N–H and O–H groups in total. The van der Waals surface area contributed by atoms with E-state index >= 15 is 0 Å². The van der Waals surface area contributed by atoms with Crippen molar-refractivity contribution in [3.63, 3.8) is 0 Å². The molecule has 0 fully saturated rings. The van der Waals surface area contributed by atoms with Crippen molar-refractivity contribution in [3.8, 4) is 29.2 Å². The zero-order valence-electron chi connectivity index (χ0n) is 17.9. The molecule has 0 aromatic carbocycles. The lowest BCUT2D eigenvalue weighted by Gasteiger charge is -2.05. The van der Waals surface area contributed by atoms with E-state index in [2.05, 4.69) is 15.1 Å². The first-order chi connectivity index (χ1) is 15.5. The predicted molar refractivity (Wildman–Crippen MR) is 111 cm³/mol. The third-order valence-corrected chi connectivity index (χ3v) is 4.35. The maximum atomic E-state index is 11.3. The SMILES string of the molecule is CCOc1nn(Cc2ccc(OCc3nc(-c4ccco4)oc3C)nc2)cc1OC(C)=O. The van der Waals surface area contributed by atoms with E-state index in [-0.39, 0.29) is 18.2 Å². The summed E-state index contributed by atoms with van der Waals surface area (Å²) in [6.07, 6.45) is 4.86. The van der Waals surface area contributed by atoms with Gasteiger partial charge in [0.1, 0.15) is 18.1 Å². The van der Waals surface area contributed by atoms with Crippen LogP contribution in [0, 0.1) is 6.92 Å². The second kappa shape index (κ2) is 9.38. The molecule has 0 saturated heterocycles. The van der Waals surface area contributed by atoms with Gasteiger partial charge in [0.2, 0.25) is 11.6 Å². The number of carbonyl (C=O) groups is 1. The molecule has 4 aromatic heterocycles. The van der Waals surface area contributed by atoms with Gasteiger partial charge in [-0.05, 0) is 31.5 Å². The minimum atomic E-state index is -0.438. The molecule has 0 aliphatic heterocycles. The van der Waals surface area contributed by atoms with Crippen LogP contribution in [0.25, 0.3) is 11.7 Å². The first kappa shape index (κ1) is 21.2. The average molecular weight is 438 g/mol. The number of aromatic nitrogens is 4. The molecule has 166 valence electrons. The van der Waals surface area contributed by atoms with Crippen molar-refractivity contribution >= 4 is 5.97 Å². The lowest BCUT2D eigenvalue weighted by Crippen LogP contribution is -2.03. The van der Waals surface area contributed by atoms with Gasteiger partial charge in [0.05, 0.1) is 25.6 Å². The average Bonchev–Trinajstić information content (AvgIpc) is 3.49. The number of nitrogens with zero attached hydrogens (tertiary/aromatic N) is 4. The van der Waals surface area contributed by atoms with Crippen LogP contribution in [0.2, 0.25) is 0 Å². The van der Waals surface area contributed by atoms with E-state index in [1.165, 1.54) is 6.92 Å². The van der Waals surface area contributed by atoms with Gasteiger partial charge in [-0.2, -0.15) is 0 Å². The second-order valence-corrected chi connectivity index (χ2v) is 6.82. The van der Waals surface area contributed by atoms with Gasteiger partial charge < -0.3 is 23.0 Å². The number of hydrogen-bond donors (Lipinski definition) is 0. The van der Waals surface area contributed by atoms with Crippen LogP contribution in [0.4, 0.5) is 0 Å². The number of rotatable bonds is 9. The van der Waals surface area contributed by atoms with Crippen molar-refractivity contribution in [2.24, 2.45) is 0 Å². The fourth-order valence-corrected chi connectivity index (χ4v) is 2.91. The number of hydrogen-bond acceptors (Lipinski definition) is 9. The Labute approximate surface area is 183 Å². The van der Waals surface area contributed by atoms with Gasteiger partial charge in [-0.15, -0.1) is 5.10 Å². The highest BCUT2D eigenvalue weighted by atomic mass is 16.6. The Balaban J connectivity index is 1.38. The molecule has 32 heavy (non-hydrogen) atoms. The zero-order chi connectivity index (χ0) is 22.5. The molecular formula is C22H22N4O6. The maximum Gasteiger partial charge on any atom is 0.308 e. The van der Waals surface area contributed by atoms with Gasteiger partial charge in [0.15, 0.2) is 5.76 Å². The van der Waals surface area contributed by atoms with Crippen LogP contribution in [0.1, 0.15) is 30.9 Å². The van der Waals surface area contributed by atoms with Crippen LogP contribution in [-0.4, -0.2) is 32.3 Å². The Kier molecular flexibility index (Phi) is 6.20. The van der Waals surface area contributed by atoms with Gasteiger partial charge in [0.25, 0.3) is 11.8 Å². The fourth-order valence-electron chi connectivity index (χ4n) is 2.91. The summed E-state index contributed by atoms with van der Waals surface area (Å²) in [6.45, 7) is 6.02. The standard InChI is InChI=1S/C22H22N4O6/c1-4-28-22-19(32-15(3)27)12-26(25-22)11-16-7-8-20(23-10-16)30-13-17-14(2)31-21(24-17)18-6-5-9-29-18/h5-10,12H,4,11,13H2,1-3H3. The molecule has 4 rings (SSSR count). The summed E-state index contributed by atoms with van der Waals surface area (Å²) in [5.74, 6) is 2.19. The van der Waals surface area contributed by atoms with Gasteiger partial charge in [-0.1, -0.05) is 6.07 Å². The number of furan rings is 1. The molecule has 10 nitrogen and oxygen atoms in total. The third-order valence-electron chi connectivity index (χ3n) is 4.35. The molecule has 0 amide bonds. The lowest BCUT2D eigenvalue weighted by atomic mass is 10.3. The molecule has 0 bridgehead atoms. The van der Waals surface area contributed by atoms with Crippen molar-refractivity contribution in [1.29, 1.82) is 0 Å². The first-order valence-electron chi connectivity index (χ1n) is 9.98. The number of pyridine rings is 1. The molecule has 4 aromatic rings. The number of ether oxygens (including phenoxy) is 3. The van der Waals surface area contributed by atoms with Crippen LogP contribution in [-0.2, 0) is 17.9 Å². The normalized spacial score (nSPS) is 10.8. The van der Waals surface area contributed by atoms with Crippen molar-refractivity contribution in [1.82, 2.24) is 19.7 Å². The van der Waals surface area contributed by atoms with Crippen molar-refractivity contribution < 1.29 is 27.8 Å². The Hall–Kier alpha value is -4.08. The zero-order valence-corrected chi connectivity index (χ0v) is 17.9. The molecule has 0 aliphatic carbocycles. The van der Waals surface area contributed by atoms with Gasteiger partial charge >= 0.3 is 5.97 Å². The highest BCUT2D eigenvalue weighted by Crippen LogP contribution is 2.26. The molecule has 0 radical (unpaired) electrons. The van der Waals surface area contributed by atoms with E-state index in [0.29, 0.717) is 42.1 Å². The summed E-state index contributed by atoms with van der Waals surface area (Å²) in [4.78, 5) is 20.0. The molecule has 0 unspecified atom stereocenters. The summed E-state index contributed by atoms with van der Waals surface area (Å²) in [7, 11) is 0. The number of esters is 1. The Bertz CT molecular complexity index is 1180. The predicted octanol–water partition coefficient (Wildman–Crippen LogP) is 3.79. The summed E-state index contributed by atoms with van der Waals surface area (Å²) in [5, 5.41) is 4.31. The maximum absolute atomic E-state index is 11.3. The van der Waals surface area contributed by atoms with Crippen LogP contribution < -0.4 is 14.2 Å². The Morgan fingerprint density at radius 1 is 1.22 bits per heavy atom. The van der Waals surface area contributed by atoms with Gasteiger partial charge in [0, 0.05) is 19.2 Å². The van der Waals surface area contributed by atoms with Crippen LogP contribution in [0.5, 0.6) is 17.5 Å². The summed E-state index contributed by atoms with van der Waals surface area (Å²) in [6, 6.07) is 7.19. The number of aryl methyl sites for hydroxylation is 1. The van der Waals surface area contributed by atoms with E-state index in [1.807, 2.05) is 19.9 Å². The molecule has 10 heteroatoms. The summed E-state index contributed by atoms with van der Waals surface area (Å²) >= 11 is 0. The van der Waals surface area contributed by atoms with E-state index in [0.717, 1.165) is 5.56 Å². The molecule has 4 heterocycles. The van der Waals surface area contributed by atoms with Crippen molar-refractivity contribution in [3.05, 3.63) is 59.9 Å². The second-order valence-electron chi connectivity index (χ2n) is 6.82. The van der Waals surface area contributed by atoms with Gasteiger partial charge in [-0.3, -0.25) is 9.48 Å². The minimum Gasteiger partial charge on any atom is -0.474 e. The van der Waals surface area contributed by atoms with E-state index in [9.17, 15) is 4.79 Å². The molecular weight excluding hydrogens is 416 g/mol. The lowest BCUT2D eigenvalue weighted by molar-refractivity contribution is -0.132. The smallest absolute Gasteiger partial charge is 0.308 e. The van der Waals surface area contributed by atoms with Gasteiger partial charge in [-0.25, -0.2) is 9.97 Å². The quantitative estimate of drug-likeness (QED) is 0.360. The third kappa shape index (κ3) is 4.97. The summed E-state index contributed by atoms with van der Waals surface area (Å²) < 4.78 is 28.9. The van der Waals surface area contributed by atoms with E-state index in [1.54, 1.807) is 41.5 Å². The molecule has 0 saturated carbocycles. The number of carbonyl (C=O) groups excluding carboxylic acids is 1. The Morgan fingerprint density at radius 2 is 2.09 bits per heavy atom. The van der Waals surface area contributed by atoms with Crippen LogP contribution in [0.15, 0.2) is 51.8 Å². The fraction of sp³-hybridized carbons (Fsp3) is 0.273. The largest absolute Gasteiger partial charge is 0.474 e. The van der Waals surface area contributed by atoms with Crippen LogP contribution >= 0.6 is 0 Å². The van der Waals surface area contributed by atoms with Crippen molar-refractivity contribution in [2.75, 3.05) is 6.61 Å². The monoisotopic (exact) mass is 438 g/mol. The first-order valence-corrected chi connectivity index (χ1v) is 9.98. The molecule has 0 atom stereocenters.